The Labute approximate surface area is 110 Å². The second-order valence-electron chi connectivity index (χ2n) is 4.13. The first-order valence-corrected chi connectivity index (χ1v) is 6.60. The lowest BCUT2D eigenvalue weighted by atomic mass is 10.0. The highest BCUT2D eigenvalue weighted by Crippen LogP contribution is 2.23. The summed E-state index contributed by atoms with van der Waals surface area (Å²) in [5, 5.41) is 0. The molecule has 1 aromatic heterocycles. The van der Waals surface area contributed by atoms with E-state index < -0.39 is 0 Å². The molecule has 88 valence electrons. The van der Waals surface area contributed by atoms with Crippen LogP contribution in [0, 0.1) is 13.8 Å². The minimum Gasteiger partial charge on any atom is -0.293 e. The number of aryl methyl sites for hydroxylation is 2. The summed E-state index contributed by atoms with van der Waals surface area (Å²) < 4.78 is 0.661. The van der Waals surface area contributed by atoms with Crippen molar-refractivity contribution in [1.82, 2.24) is 0 Å². The fourth-order valence-electron chi connectivity index (χ4n) is 1.71. The Morgan fingerprint density at radius 3 is 2.65 bits per heavy atom. The normalized spacial score (nSPS) is 10.5. The van der Waals surface area contributed by atoms with E-state index in [1.165, 1.54) is 16.9 Å². The van der Waals surface area contributed by atoms with E-state index in [0.717, 1.165) is 16.0 Å². The lowest BCUT2D eigenvalue weighted by molar-refractivity contribution is 0.0996. The summed E-state index contributed by atoms with van der Waals surface area (Å²) >= 11 is 7.17. The first kappa shape index (κ1) is 12.3. The summed E-state index contributed by atoms with van der Waals surface area (Å²) in [6.07, 6.45) is 0.449. The van der Waals surface area contributed by atoms with Crippen molar-refractivity contribution in [2.24, 2.45) is 0 Å². The Morgan fingerprint density at radius 1 is 1.24 bits per heavy atom. The first-order chi connectivity index (χ1) is 8.06. The van der Waals surface area contributed by atoms with Crippen molar-refractivity contribution < 1.29 is 4.79 Å². The monoisotopic (exact) mass is 264 g/mol. The van der Waals surface area contributed by atoms with Crippen LogP contribution in [0.25, 0.3) is 0 Å². The zero-order chi connectivity index (χ0) is 12.4. The Morgan fingerprint density at radius 2 is 2.00 bits per heavy atom. The van der Waals surface area contributed by atoms with Crippen molar-refractivity contribution in [3.63, 3.8) is 0 Å². The number of benzene rings is 1. The van der Waals surface area contributed by atoms with Crippen LogP contribution in [0.4, 0.5) is 0 Å². The molecule has 0 spiro atoms. The molecule has 0 fully saturated rings. The van der Waals surface area contributed by atoms with Crippen LogP contribution in [0.15, 0.2) is 30.3 Å². The van der Waals surface area contributed by atoms with Crippen LogP contribution >= 0.6 is 22.9 Å². The van der Waals surface area contributed by atoms with Gasteiger partial charge in [-0.3, -0.25) is 4.79 Å². The van der Waals surface area contributed by atoms with Crippen molar-refractivity contribution in [3.8, 4) is 0 Å². The van der Waals surface area contributed by atoms with Crippen LogP contribution in [-0.2, 0) is 6.42 Å². The third kappa shape index (κ3) is 2.96. The molecule has 3 heteroatoms. The summed E-state index contributed by atoms with van der Waals surface area (Å²) in [5.41, 5.74) is 3.44. The van der Waals surface area contributed by atoms with E-state index in [-0.39, 0.29) is 5.78 Å². The summed E-state index contributed by atoms with van der Waals surface area (Å²) in [5.74, 6) is 0.135. The van der Waals surface area contributed by atoms with E-state index in [0.29, 0.717) is 10.8 Å². The lowest BCUT2D eigenvalue weighted by Crippen LogP contribution is -2.03. The standard InChI is InChI=1S/C14H13ClOS/c1-9-3-4-10(2)11(7-9)8-12(16)13-5-6-14(15)17-13/h3-7H,8H2,1-2H3. The molecular weight excluding hydrogens is 252 g/mol. The van der Waals surface area contributed by atoms with Gasteiger partial charge < -0.3 is 0 Å². The van der Waals surface area contributed by atoms with Crippen molar-refractivity contribution in [1.29, 1.82) is 0 Å². The van der Waals surface area contributed by atoms with Crippen LogP contribution in [0.2, 0.25) is 4.34 Å². The van der Waals surface area contributed by atoms with E-state index in [4.69, 9.17) is 11.6 Å². The van der Waals surface area contributed by atoms with E-state index in [9.17, 15) is 4.79 Å². The Bertz CT molecular complexity index is 557. The Kier molecular flexibility index (Phi) is 3.65. The Hall–Kier alpha value is -1.12. The average molecular weight is 265 g/mol. The highest BCUT2D eigenvalue weighted by atomic mass is 35.5. The first-order valence-electron chi connectivity index (χ1n) is 5.41. The molecule has 0 amide bonds. The van der Waals surface area contributed by atoms with Gasteiger partial charge in [-0.15, -0.1) is 11.3 Å². The van der Waals surface area contributed by atoms with Gasteiger partial charge in [0.25, 0.3) is 0 Å². The van der Waals surface area contributed by atoms with Crippen molar-refractivity contribution in [3.05, 3.63) is 56.2 Å². The molecule has 1 heterocycles. The molecule has 0 saturated carbocycles. The number of rotatable bonds is 3. The molecule has 2 aromatic rings. The molecule has 0 N–H and O–H groups in total. The third-order valence-corrected chi connectivity index (χ3v) is 3.98. The molecule has 2 rings (SSSR count). The van der Waals surface area contributed by atoms with E-state index in [1.807, 2.05) is 13.8 Å². The van der Waals surface area contributed by atoms with Gasteiger partial charge in [-0.1, -0.05) is 35.4 Å². The second-order valence-corrected chi connectivity index (χ2v) is 5.85. The maximum absolute atomic E-state index is 12.0. The predicted molar refractivity (Wildman–Crippen MR) is 73.3 cm³/mol. The maximum Gasteiger partial charge on any atom is 0.177 e. The van der Waals surface area contributed by atoms with Crippen LogP contribution in [0.1, 0.15) is 26.4 Å². The molecule has 1 nitrogen and oxygen atoms in total. The molecule has 0 bridgehead atoms. The van der Waals surface area contributed by atoms with Crippen LogP contribution in [-0.4, -0.2) is 5.78 Å². The molecule has 0 atom stereocenters. The summed E-state index contributed by atoms with van der Waals surface area (Å²) in [4.78, 5) is 12.8. The van der Waals surface area contributed by atoms with E-state index in [1.54, 1.807) is 12.1 Å². The fraction of sp³-hybridized carbons (Fsp3) is 0.214. The van der Waals surface area contributed by atoms with Crippen LogP contribution < -0.4 is 0 Å². The fourth-order valence-corrected chi connectivity index (χ4v) is 2.70. The molecule has 17 heavy (non-hydrogen) atoms. The molecule has 0 radical (unpaired) electrons. The number of carbonyl (C=O) groups is 1. The number of carbonyl (C=O) groups excluding carboxylic acids is 1. The smallest absolute Gasteiger partial charge is 0.177 e. The van der Waals surface area contributed by atoms with Gasteiger partial charge in [-0.2, -0.15) is 0 Å². The number of hydrogen-bond donors (Lipinski definition) is 0. The van der Waals surface area contributed by atoms with Gasteiger partial charge in [0.2, 0.25) is 0 Å². The third-order valence-electron chi connectivity index (χ3n) is 2.70. The SMILES string of the molecule is Cc1ccc(C)c(CC(=O)c2ccc(Cl)s2)c1. The number of hydrogen-bond acceptors (Lipinski definition) is 2. The van der Waals surface area contributed by atoms with Gasteiger partial charge in [0.05, 0.1) is 9.21 Å². The largest absolute Gasteiger partial charge is 0.293 e. The van der Waals surface area contributed by atoms with E-state index >= 15 is 0 Å². The van der Waals surface area contributed by atoms with Gasteiger partial charge >= 0.3 is 0 Å². The van der Waals surface area contributed by atoms with Crippen molar-refractivity contribution in [2.75, 3.05) is 0 Å². The van der Waals surface area contributed by atoms with Gasteiger partial charge in [-0.05, 0) is 37.1 Å². The number of ketones is 1. The molecule has 0 aliphatic rings. The highest BCUT2D eigenvalue weighted by molar-refractivity contribution is 7.18. The number of halogens is 1. The summed E-state index contributed by atoms with van der Waals surface area (Å²) in [7, 11) is 0. The second kappa shape index (κ2) is 5.03. The van der Waals surface area contributed by atoms with Crippen LogP contribution in [0.3, 0.4) is 0 Å². The summed E-state index contributed by atoms with van der Waals surface area (Å²) in [6.45, 7) is 4.07. The average Bonchev–Trinajstić information content (AvgIpc) is 2.70. The van der Waals surface area contributed by atoms with Gasteiger partial charge in [0.15, 0.2) is 5.78 Å². The van der Waals surface area contributed by atoms with Crippen LogP contribution in [0.5, 0.6) is 0 Å². The predicted octanol–water partition coefficient (Wildman–Crippen LogP) is 4.44. The van der Waals surface area contributed by atoms with Gasteiger partial charge in [-0.25, -0.2) is 0 Å². The van der Waals surface area contributed by atoms with Gasteiger partial charge in [0.1, 0.15) is 0 Å². The van der Waals surface area contributed by atoms with E-state index in [2.05, 4.69) is 18.2 Å². The minimum absolute atomic E-state index is 0.135. The van der Waals surface area contributed by atoms with Gasteiger partial charge in [0, 0.05) is 6.42 Å². The molecule has 0 aliphatic heterocycles. The van der Waals surface area contributed by atoms with Crippen molar-refractivity contribution >= 4 is 28.7 Å². The zero-order valence-corrected chi connectivity index (χ0v) is 11.4. The molecular formula is C14H13ClOS. The number of Topliss-reactive ketones (excluding diaryl/α,β-unsaturated/α-hetero) is 1. The maximum atomic E-state index is 12.0. The molecule has 0 unspecified atom stereocenters. The molecule has 1 aromatic carbocycles. The highest BCUT2D eigenvalue weighted by Gasteiger charge is 2.11. The Balaban J connectivity index is 2.21. The van der Waals surface area contributed by atoms with Crippen molar-refractivity contribution in [2.45, 2.75) is 20.3 Å². The lowest BCUT2D eigenvalue weighted by Gasteiger charge is -2.05. The quantitative estimate of drug-likeness (QED) is 0.749. The topological polar surface area (TPSA) is 17.1 Å². The number of thiophene rings is 1. The minimum atomic E-state index is 0.135. The molecule has 0 saturated heterocycles. The zero-order valence-electron chi connectivity index (χ0n) is 9.79. The molecule has 0 aliphatic carbocycles. The summed E-state index contributed by atoms with van der Waals surface area (Å²) in [6, 6.07) is 9.75.